The number of aromatic nitrogens is 1. The van der Waals surface area contributed by atoms with E-state index in [1.165, 1.54) is 29.9 Å². The van der Waals surface area contributed by atoms with Gasteiger partial charge in [-0.1, -0.05) is 6.08 Å². The Morgan fingerprint density at radius 1 is 1.19 bits per heavy atom. The summed E-state index contributed by atoms with van der Waals surface area (Å²) in [6.07, 6.45) is 5.89. The van der Waals surface area contributed by atoms with Gasteiger partial charge in [-0.15, -0.1) is 11.3 Å². The molecule has 0 bridgehead atoms. The maximum Gasteiger partial charge on any atom is 0.289 e. The van der Waals surface area contributed by atoms with Crippen LogP contribution in [0.1, 0.15) is 16.2 Å². The van der Waals surface area contributed by atoms with Gasteiger partial charge in [-0.25, -0.2) is 9.98 Å². The molecule has 1 fully saturated rings. The summed E-state index contributed by atoms with van der Waals surface area (Å²) < 4.78 is 5.14. The number of thiazole rings is 1. The molecule has 1 unspecified atom stereocenters. The summed E-state index contributed by atoms with van der Waals surface area (Å²) >= 11 is 1.18. The van der Waals surface area contributed by atoms with E-state index in [1.54, 1.807) is 33.4 Å². The van der Waals surface area contributed by atoms with E-state index in [4.69, 9.17) is 4.42 Å². The number of amides is 4. The second-order valence-electron chi connectivity index (χ2n) is 6.94. The van der Waals surface area contributed by atoms with Crippen LogP contribution in [0.25, 0.3) is 0 Å². The lowest BCUT2D eigenvalue weighted by molar-refractivity contribution is -0.132. The van der Waals surface area contributed by atoms with E-state index in [-0.39, 0.29) is 24.0 Å². The Hall–Kier alpha value is -3.60. The first-order valence-corrected chi connectivity index (χ1v) is 10.5. The Kier molecular flexibility index (Phi) is 6.03. The molecule has 31 heavy (non-hydrogen) atoms. The van der Waals surface area contributed by atoms with Gasteiger partial charge in [0.1, 0.15) is 5.92 Å². The van der Waals surface area contributed by atoms with Crippen LogP contribution >= 0.6 is 11.3 Å². The van der Waals surface area contributed by atoms with Gasteiger partial charge in [-0.05, 0) is 18.2 Å². The zero-order valence-electron chi connectivity index (χ0n) is 16.4. The third kappa shape index (κ3) is 4.77. The first kappa shape index (κ1) is 20.7. The molecule has 2 aliphatic rings. The summed E-state index contributed by atoms with van der Waals surface area (Å²) in [7, 11) is 0. The number of carbonyl (C=O) groups is 4. The van der Waals surface area contributed by atoms with E-state index < -0.39 is 17.7 Å². The maximum atomic E-state index is 12.6. The van der Waals surface area contributed by atoms with Crippen molar-refractivity contribution in [1.29, 1.82) is 0 Å². The van der Waals surface area contributed by atoms with Crippen molar-refractivity contribution in [2.24, 2.45) is 10.9 Å². The Morgan fingerprint density at radius 3 is 2.68 bits per heavy atom. The molecular formula is C20H19N5O5S. The fourth-order valence-electron chi connectivity index (χ4n) is 3.25. The minimum absolute atomic E-state index is 0.0883. The van der Waals surface area contributed by atoms with Crippen LogP contribution in [0.3, 0.4) is 0 Å². The van der Waals surface area contributed by atoms with E-state index in [9.17, 15) is 19.2 Å². The van der Waals surface area contributed by atoms with Gasteiger partial charge in [0.25, 0.3) is 11.8 Å². The molecule has 4 heterocycles. The topological polar surface area (TPSA) is 125 Å². The lowest BCUT2D eigenvalue weighted by atomic mass is 10.1. The fraction of sp³-hybridized carbons (Fsp3) is 0.300. The van der Waals surface area contributed by atoms with Crippen molar-refractivity contribution in [3.8, 4) is 0 Å². The minimum Gasteiger partial charge on any atom is -0.459 e. The molecule has 1 N–H and O–H groups in total. The average molecular weight is 441 g/mol. The molecule has 11 heteroatoms. The molecule has 2 aromatic heterocycles. The Balaban J connectivity index is 1.27. The van der Waals surface area contributed by atoms with Gasteiger partial charge in [0.15, 0.2) is 10.9 Å². The molecule has 0 spiro atoms. The molecule has 0 radical (unpaired) electrons. The third-order valence-corrected chi connectivity index (χ3v) is 5.71. The van der Waals surface area contributed by atoms with Gasteiger partial charge in [0.05, 0.1) is 18.4 Å². The summed E-state index contributed by atoms with van der Waals surface area (Å²) in [4.78, 5) is 60.0. The second kappa shape index (κ2) is 9.04. The predicted molar refractivity (Wildman–Crippen MR) is 112 cm³/mol. The second-order valence-corrected chi connectivity index (χ2v) is 7.80. The number of hydrogen-bond donors (Lipinski definition) is 1. The van der Waals surface area contributed by atoms with Crippen molar-refractivity contribution >= 4 is 46.3 Å². The zero-order chi connectivity index (χ0) is 21.8. The highest BCUT2D eigenvalue weighted by Gasteiger charge is 2.27. The predicted octanol–water partition coefficient (Wildman–Crippen LogP) is 0.985. The number of carbonyl (C=O) groups excluding carboxylic acids is 4. The summed E-state index contributed by atoms with van der Waals surface area (Å²) in [5.41, 5.74) is 0.530. The molecule has 1 saturated heterocycles. The number of rotatable bonds is 5. The maximum absolute atomic E-state index is 12.6. The van der Waals surface area contributed by atoms with Crippen LogP contribution in [-0.2, 0) is 20.8 Å². The highest BCUT2D eigenvalue weighted by molar-refractivity contribution is 7.14. The van der Waals surface area contributed by atoms with Gasteiger partial charge in [0, 0.05) is 37.8 Å². The number of anilines is 1. The fourth-order valence-corrected chi connectivity index (χ4v) is 3.96. The molecule has 0 aliphatic carbocycles. The van der Waals surface area contributed by atoms with Crippen LogP contribution in [-0.4, -0.2) is 70.8 Å². The van der Waals surface area contributed by atoms with Gasteiger partial charge >= 0.3 is 0 Å². The van der Waals surface area contributed by atoms with E-state index in [1.807, 2.05) is 0 Å². The monoisotopic (exact) mass is 441 g/mol. The van der Waals surface area contributed by atoms with Crippen LogP contribution in [0.15, 0.2) is 45.3 Å². The molecule has 10 nitrogen and oxygen atoms in total. The molecule has 2 aliphatic heterocycles. The SMILES string of the molecule is O=C1N=CC=CC1C(=O)Nc1nc(CC(=O)N2CCN(C(=O)c3ccco3)CC2)cs1. The summed E-state index contributed by atoms with van der Waals surface area (Å²) in [6, 6.07) is 3.28. The van der Waals surface area contributed by atoms with E-state index in [0.717, 1.165) is 0 Å². The molecule has 1 atom stereocenters. The van der Waals surface area contributed by atoms with Crippen LogP contribution in [0.5, 0.6) is 0 Å². The number of dihydropyridines is 1. The highest BCUT2D eigenvalue weighted by Crippen LogP contribution is 2.19. The molecule has 160 valence electrons. The van der Waals surface area contributed by atoms with E-state index in [2.05, 4.69) is 15.3 Å². The molecule has 2 aromatic rings. The third-order valence-electron chi connectivity index (χ3n) is 4.91. The van der Waals surface area contributed by atoms with Crippen molar-refractivity contribution in [3.05, 3.63) is 47.4 Å². The Bertz CT molecular complexity index is 1050. The average Bonchev–Trinajstić information content (AvgIpc) is 3.46. The Labute approximate surface area is 181 Å². The van der Waals surface area contributed by atoms with Gasteiger partial charge in [-0.3, -0.25) is 19.2 Å². The minimum atomic E-state index is -0.973. The van der Waals surface area contributed by atoms with Crippen LogP contribution in [0, 0.1) is 5.92 Å². The normalized spacial score (nSPS) is 18.3. The first-order chi connectivity index (χ1) is 15.0. The number of nitrogens with one attached hydrogen (secondary N) is 1. The Morgan fingerprint density at radius 2 is 1.97 bits per heavy atom. The van der Waals surface area contributed by atoms with Crippen LogP contribution in [0.4, 0.5) is 5.13 Å². The number of furan rings is 1. The highest BCUT2D eigenvalue weighted by atomic mass is 32.1. The zero-order valence-corrected chi connectivity index (χ0v) is 17.2. The number of aliphatic imine (C=N–C) groups is 1. The lowest BCUT2D eigenvalue weighted by Crippen LogP contribution is -2.50. The van der Waals surface area contributed by atoms with Crippen LogP contribution in [0.2, 0.25) is 0 Å². The van der Waals surface area contributed by atoms with Crippen LogP contribution < -0.4 is 5.32 Å². The van der Waals surface area contributed by atoms with Crippen molar-refractivity contribution in [3.63, 3.8) is 0 Å². The summed E-state index contributed by atoms with van der Waals surface area (Å²) in [6.45, 7) is 1.70. The largest absolute Gasteiger partial charge is 0.459 e. The smallest absolute Gasteiger partial charge is 0.289 e. The molecule has 4 rings (SSSR count). The summed E-state index contributed by atoms with van der Waals surface area (Å²) in [5, 5.41) is 4.60. The van der Waals surface area contributed by atoms with E-state index in [0.29, 0.717) is 37.0 Å². The first-order valence-electron chi connectivity index (χ1n) is 9.62. The summed E-state index contributed by atoms with van der Waals surface area (Å²) in [5.74, 6) is -2.02. The quantitative estimate of drug-likeness (QED) is 0.690. The van der Waals surface area contributed by atoms with Gasteiger partial charge < -0.3 is 19.5 Å². The van der Waals surface area contributed by atoms with Gasteiger partial charge in [-0.2, -0.15) is 0 Å². The number of allylic oxidation sites excluding steroid dienone is 1. The molecule has 0 aromatic carbocycles. The lowest BCUT2D eigenvalue weighted by Gasteiger charge is -2.34. The van der Waals surface area contributed by atoms with Crippen molar-refractivity contribution < 1.29 is 23.6 Å². The number of hydrogen-bond acceptors (Lipinski definition) is 7. The van der Waals surface area contributed by atoms with Crippen molar-refractivity contribution in [2.75, 3.05) is 31.5 Å². The molecular weight excluding hydrogens is 422 g/mol. The van der Waals surface area contributed by atoms with Gasteiger partial charge in [0.2, 0.25) is 11.8 Å². The standard InChI is InChI=1S/C20H19N5O5S/c26-16(24-6-8-25(9-7-24)19(29)15-4-2-10-30-15)11-13-12-31-20(22-13)23-18(28)14-3-1-5-21-17(14)27/h1-5,10,12,14H,6-9,11H2,(H,22,23,28). The number of piperazine rings is 1. The molecule has 0 saturated carbocycles. The van der Waals surface area contributed by atoms with Crippen molar-refractivity contribution in [2.45, 2.75) is 6.42 Å². The van der Waals surface area contributed by atoms with Crippen molar-refractivity contribution in [1.82, 2.24) is 14.8 Å². The molecule has 4 amide bonds. The van der Waals surface area contributed by atoms with E-state index >= 15 is 0 Å². The number of nitrogens with zero attached hydrogens (tertiary/aromatic N) is 4.